The van der Waals surface area contributed by atoms with Crippen molar-refractivity contribution in [1.82, 2.24) is 9.88 Å². The van der Waals surface area contributed by atoms with Crippen LogP contribution >= 0.6 is 0 Å². The van der Waals surface area contributed by atoms with E-state index in [9.17, 15) is 0 Å². The van der Waals surface area contributed by atoms with E-state index in [1.807, 2.05) is 6.20 Å². The number of nitrogens with one attached hydrogen (secondary N) is 1. The van der Waals surface area contributed by atoms with Gasteiger partial charge in [-0.1, -0.05) is 42.5 Å². The highest BCUT2D eigenvalue weighted by molar-refractivity contribution is 5.61. The van der Waals surface area contributed by atoms with Crippen molar-refractivity contribution in [1.29, 1.82) is 0 Å². The normalized spacial score (nSPS) is 20.1. The van der Waals surface area contributed by atoms with Gasteiger partial charge in [0.25, 0.3) is 0 Å². The lowest BCUT2D eigenvalue weighted by Crippen LogP contribution is -2.35. The number of likely N-dealkylation sites (N-methyl/N-ethyl adjacent to an activating group) is 1. The summed E-state index contributed by atoms with van der Waals surface area (Å²) in [5, 5.41) is 0. The highest BCUT2D eigenvalue weighted by Crippen LogP contribution is 2.38. The Bertz CT molecular complexity index is 818. The summed E-state index contributed by atoms with van der Waals surface area (Å²) in [5.41, 5.74) is 6.87. The van der Waals surface area contributed by atoms with Crippen molar-refractivity contribution in [3.63, 3.8) is 0 Å². The minimum absolute atomic E-state index is 0.470. The Morgan fingerprint density at radius 1 is 0.958 bits per heavy atom. The molecule has 1 N–H and O–H groups in total. The van der Waals surface area contributed by atoms with E-state index in [0.29, 0.717) is 12.0 Å². The van der Waals surface area contributed by atoms with Crippen LogP contribution in [-0.4, -0.2) is 30.0 Å². The van der Waals surface area contributed by atoms with Gasteiger partial charge < -0.3 is 9.88 Å². The Labute approximate surface area is 144 Å². The smallest absolute Gasteiger partial charge is 0.0453 e. The molecule has 1 aliphatic carbocycles. The zero-order chi connectivity index (χ0) is 16.5. The Morgan fingerprint density at radius 3 is 2.62 bits per heavy atom. The second-order valence-corrected chi connectivity index (χ2v) is 7.02. The second kappa shape index (κ2) is 6.29. The van der Waals surface area contributed by atoms with Crippen LogP contribution in [0.15, 0.2) is 66.9 Å². The van der Waals surface area contributed by atoms with Crippen molar-refractivity contribution < 1.29 is 0 Å². The Morgan fingerprint density at radius 2 is 1.83 bits per heavy atom. The van der Waals surface area contributed by atoms with Gasteiger partial charge in [0, 0.05) is 23.9 Å². The number of hydrogen-bond acceptors (Lipinski definition) is 1. The number of nitrogens with zero attached hydrogens (tertiary/aromatic N) is 1. The molecular formula is C22H24N2. The molecule has 3 aromatic rings. The van der Waals surface area contributed by atoms with Crippen LogP contribution in [0.2, 0.25) is 0 Å². The van der Waals surface area contributed by atoms with Gasteiger partial charge >= 0.3 is 0 Å². The van der Waals surface area contributed by atoms with Gasteiger partial charge in [-0.15, -0.1) is 0 Å². The third-order valence-corrected chi connectivity index (χ3v) is 5.32. The topological polar surface area (TPSA) is 19.0 Å². The minimum atomic E-state index is 0.470. The van der Waals surface area contributed by atoms with Crippen LogP contribution in [0, 0.1) is 0 Å². The van der Waals surface area contributed by atoms with Crippen LogP contribution < -0.4 is 0 Å². The molecule has 1 aromatic heterocycles. The maximum atomic E-state index is 3.32. The average molecular weight is 316 g/mol. The molecule has 0 bridgehead atoms. The Balaban J connectivity index is 1.76. The first-order valence-corrected chi connectivity index (χ1v) is 8.70. The van der Waals surface area contributed by atoms with Gasteiger partial charge in [-0.05, 0) is 67.4 Å². The molecule has 2 unspecified atom stereocenters. The quantitative estimate of drug-likeness (QED) is 0.742. The van der Waals surface area contributed by atoms with E-state index in [1.54, 1.807) is 0 Å². The fourth-order valence-electron chi connectivity index (χ4n) is 3.94. The van der Waals surface area contributed by atoms with Gasteiger partial charge in [-0.2, -0.15) is 0 Å². The first-order chi connectivity index (χ1) is 11.7. The van der Waals surface area contributed by atoms with Crippen molar-refractivity contribution in [3.05, 3.63) is 83.6 Å². The van der Waals surface area contributed by atoms with E-state index in [2.05, 4.69) is 84.6 Å². The SMILES string of the molecule is CN(C)C1Cc2ccccc2C(c2cccc(-c3ccc[nH]3)c2)C1. The molecule has 0 aliphatic heterocycles. The van der Waals surface area contributed by atoms with Crippen LogP contribution in [0.3, 0.4) is 0 Å². The van der Waals surface area contributed by atoms with Gasteiger partial charge in [0.2, 0.25) is 0 Å². The second-order valence-electron chi connectivity index (χ2n) is 7.02. The number of aromatic amines is 1. The summed E-state index contributed by atoms with van der Waals surface area (Å²) in [5.74, 6) is 0.470. The summed E-state index contributed by atoms with van der Waals surface area (Å²) in [6.45, 7) is 0. The molecule has 2 heteroatoms. The predicted molar refractivity (Wildman–Crippen MR) is 100 cm³/mol. The highest BCUT2D eigenvalue weighted by atomic mass is 15.1. The zero-order valence-electron chi connectivity index (χ0n) is 14.4. The largest absolute Gasteiger partial charge is 0.361 e. The van der Waals surface area contributed by atoms with Crippen LogP contribution in [0.1, 0.15) is 29.0 Å². The lowest BCUT2D eigenvalue weighted by molar-refractivity contribution is 0.258. The molecule has 122 valence electrons. The molecule has 2 aromatic carbocycles. The molecule has 2 atom stereocenters. The highest BCUT2D eigenvalue weighted by Gasteiger charge is 2.29. The molecule has 2 nitrogen and oxygen atoms in total. The van der Waals surface area contributed by atoms with Crippen molar-refractivity contribution in [3.8, 4) is 11.3 Å². The van der Waals surface area contributed by atoms with Crippen molar-refractivity contribution >= 4 is 0 Å². The maximum absolute atomic E-state index is 3.32. The summed E-state index contributed by atoms with van der Waals surface area (Å²) in [7, 11) is 4.40. The first-order valence-electron chi connectivity index (χ1n) is 8.70. The average Bonchev–Trinajstić information content (AvgIpc) is 3.15. The van der Waals surface area contributed by atoms with Crippen molar-refractivity contribution in [2.75, 3.05) is 14.1 Å². The number of aromatic nitrogens is 1. The Hall–Kier alpha value is -2.32. The van der Waals surface area contributed by atoms with E-state index >= 15 is 0 Å². The number of H-pyrrole nitrogens is 1. The third kappa shape index (κ3) is 2.78. The van der Waals surface area contributed by atoms with Crippen molar-refractivity contribution in [2.24, 2.45) is 0 Å². The van der Waals surface area contributed by atoms with E-state index in [1.165, 1.54) is 34.4 Å². The monoisotopic (exact) mass is 316 g/mol. The summed E-state index contributed by atoms with van der Waals surface area (Å²) >= 11 is 0. The van der Waals surface area contributed by atoms with E-state index in [0.717, 1.165) is 6.42 Å². The lowest BCUT2D eigenvalue weighted by atomic mass is 9.76. The molecule has 24 heavy (non-hydrogen) atoms. The molecule has 0 radical (unpaired) electrons. The van der Waals surface area contributed by atoms with Gasteiger partial charge in [0.05, 0.1) is 0 Å². The molecule has 0 saturated carbocycles. The number of fused-ring (bicyclic) bond motifs is 1. The maximum Gasteiger partial charge on any atom is 0.0453 e. The Kier molecular flexibility index (Phi) is 3.99. The molecule has 4 rings (SSSR count). The van der Waals surface area contributed by atoms with E-state index in [4.69, 9.17) is 0 Å². The summed E-state index contributed by atoms with van der Waals surface area (Å²) in [4.78, 5) is 5.69. The number of rotatable bonds is 3. The lowest BCUT2D eigenvalue weighted by Gasteiger charge is -2.35. The van der Waals surface area contributed by atoms with E-state index < -0.39 is 0 Å². The first kappa shape index (κ1) is 15.2. The molecular weight excluding hydrogens is 292 g/mol. The molecule has 0 saturated heterocycles. The van der Waals surface area contributed by atoms with Gasteiger partial charge in [0.1, 0.15) is 0 Å². The minimum Gasteiger partial charge on any atom is -0.361 e. The van der Waals surface area contributed by atoms with Gasteiger partial charge in [0.15, 0.2) is 0 Å². The van der Waals surface area contributed by atoms with Crippen LogP contribution in [0.5, 0.6) is 0 Å². The fourth-order valence-corrected chi connectivity index (χ4v) is 3.94. The molecule has 0 fully saturated rings. The molecule has 0 amide bonds. The zero-order valence-corrected chi connectivity index (χ0v) is 14.4. The third-order valence-electron chi connectivity index (χ3n) is 5.32. The molecule has 1 aliphatic rings. The van der Waals surface area contributed by atoms with Gasteiger partial charge in [-0.3, -0.25) is 0 Å². The standard InChI is InChI=1S/C22H24N2/c1-24(2)19-14-17-7-3-4-10-20(17)21(15-19)16-8-5-9-18(13-16)22-11-6-12-23-22/h3-13,19,21,23H,14-15H2,1-2H3. The van der Waals surface area contributed by atoms with Gasteiger partial charge in [-0.25, -0.2) is 0 Å². The number of hydrogen-bond donors (Lipinski definition) is 1. The van der Waals surface area contributed by atoms with Crippen molar-refractivity contribution in [2.45, 2.75) is 24.8 Å². The summed E-state index contributed by atoms with van der Waals surface area (Å²) in [6, 6.07) is 22.8. The van der Waals surface area contributed by atoms with Crippen LogP contribution in [0.25, 0.3) is 11.3 Å². The predicted octanol–water partition coefficient (Wildman–Crippen LogP) is 4.69. The molecule has 1 heterocycles. The molecule has 0 spiro atoms. The summed E-state index contributed by atoms with van der Waals surface area (Å²) < 4.78 is 0. The van der Waals surface area contributed by atoms with E-state index in [-0.39, 0.29) is 0 Å². The number of benzene rings is 2. The summed E-state index contributed by atoms with van der Waals surface area (Å²) in [6.07, 6.45) is 4.31. The van der Waals surface area contributed by atoms with Crippen LogP contribution in [-0.2, 0) is 6.42 Å². The van der Waals surface area contributed by atoms with Crippen LogP contribution in [0.4, 0.5) is 0 Å². The fraction of sp³-hybridized carbons (Fsp3) is 0.273.